The van der Waals surface area contributed by atoms with E-state index in [9.17, 15) is 28.1 Å². The van der Waals surface area contributed by atoms with E-state index in [1.165, 1.54) is 0 Å². The highest BCUT2D eigenvalue weighted by Gasteiger charge is 2.37. The van der Waals surface area contributed by atoms with Crippen molar-refractivity contribution < 1.29 is 27.6 Å². The van der Waals surface area contributed by atoms with Gasteiger partial charge in [-0.15, -0.1) is 0 Å². The Morgan fingerprint density at radius 2 is 2.04 bits per heavy atom. The zero-order valence-corrected chi connectivity index (χ0v) is 12.9. The van der Waals surface area contributed by atoms with Crippen molar-refractivity contribution in [2.45, 2.75) is 37.4 Å². The first-order valence-corrected chi connectivity index (χ1v) is 7.37. The van der Waals surface area contributed by atoms with Crippen LogP contribution in [0.15, 0.2) is 18.2 Å². The molecule has 0 heterocycles. The summed E-state index contributed by atoms with van der Waals surface area (Å²) in [4.78, 5) is 21.6. The minimum atomic E-state index is -4.88. The van der Waals surface area contributed by atoms with Crippen LogP contribution < -0.4 is 10.1 Å². The van der Waals surface area contributed by atoms with Gasteiger partial charge in [0.05, 0.1) is 11.0 Å². The van der Waals surface area contributed by atoms with Gasteiger partial charge in [0.15, 0.2) is 6.61 Å². The Kier molecular flexibility index (Phi) is 5.15. The van der Waals surface area contributed by atoms with Gasteiger partial charge in [0, 0.05) is 12.1 Å². The topological polar surface area (TPSA) is 105 Å². The molecule has 0 bridgehead atoms. The molecule has 2 rings (SSSR count). The number of benzene rings is 1. The normalized spacial score (nSPS) is 16.1. The summed E-state index contributed by atoms with van der Waals surface area (Å²) in [7, 11) is 0. The first kappa shape index (κ1) is 18.5. The molecule has 1 N–H and O–H groups in total. The minimum absolute atomic E-state index is 0.348. The molecule has 7 nitrogen and oxygen atoms in total. The van der Waals surface area contributed by atoms with Crippen LogP contribution in [0.2, 0.25) is 0 Å². The summed E-state index contributed by atoms with van der Waals surface area (Å²) >= 11 is 0. The highest BCUT2D eigenvalue weighted by molar-refractivity contribution is 5.79. The van der Waals surface area contributed by atoms with E-state index in [0.29, 0.717) is 18.9 Å². The molecule has 1 amide bonds. The molecule has 1 aromatic rings. The molecular weight excluding hydrogens is 343 g/mol. The number of carbonyl (C=O) groups excluding carboxylic acids is 1. The van der Waals surface area contributed by atoms with Crippen molar-refractivity contribution in [2.24, 2.45) is 0 Å². The van der Waals surface area contributed by atoms with Crippen LogP contribution in [0.4, 0.5) is 18.9 Å². The molecule has 0 aliphatic heterocycles. The summed E-state index contributed by atoms with van der Waals surface area (Å²) in [6.45, 7) is -0.732. The Morgan fingerprint density at radius 3 is 2.56 bits per heavy atom. The third-order valence-corrected chi connectivity index (χ3v) is 3.89. The quantitative estimate of drug-likeness (QED) is 0.644. The van der Waals surface area contributed by atoms with Crippen LogP contribution >= 0.6 is 0 Å². The molecule has 0 unspecified atom stereocenters. The fourth-order valence-corrected chi connectivity index (χ4v) is 2.67. The van der Waals surface area contributed by atoms with Crippen molar-refractivity contribution in [1.82, 2.24) is 5.32 Å². The number of nitriles is 1. The Bertz CT molecular complexity index is 722. The van der Waals surface area contributed by atoms with Gasteiger partial charge in [-0.25, -0.2) is 0 Å². The summed E-state index contributed by atoms with van der Waals surface area (Å²) < 4.78 is 43.9. The van der Waals surface area contributed by atoms with Crippen molar-refractivity contribution in [2.75, 3.05) is 6.61 Å². The Morgan fingerprint density at radius 1 is 1.40 bits per heavy atom. The van der Waals surface area contributed by atoms with Crippen LogP contribution in [0.1, 0.15) is 31.2 Å². The first-order valence-electron chi connectivity index (χ1n) is 7.37. The zero-order valence-electron chi connectivity index (χ0n) is 12.9. The average molecular weight is 357 g/mol. The predicted octanol–water partition coefficient (Wildman–Crippen LogP) is 2.94. The van der Waals surface area contributed by atoms with Crippen molar-refractivity contribution in [3.05, 3.63) is 33.9 Å². The fraction of sp³-hybridized carbons (Fsp3) is 0.467. The summed E-state index contributed by atoms with van der Waals surface area (Å²) in [5.41, 5.74) is -3.09. The molecule has 0 spiro atoms. The number of nitro groups is 1. The Hall–Kier alpha value is -2.83. The molecular formula is C15H14F3N3O4. The van der Waals surface area contributed by atoms with E-state index < -0.39 is 46.2 Å². The van der Waals surface area contributed by atoms with Crippen molar-refractivity contribution >= 4 is 11.6 Å². The van der Waals surface area contributed by atoms with Crippen LogP contribution in [0.5, 0.6) is 5.75 Å². The second-order valence-electron chi connectivity index (χ2n) is 5.67. The van der Waals surface area contributed by atoms with Crippen molar-refractivity contribution in [3.8, 4) is 11.8 Å². The van der Waals surface area contributed by atoms with Crippen LogP contribution in [0.25, 0.3) is 0 Å². The maximum absolute atomic E-state index is 13.0. The smallest absolute Gasteiger partial charge is 0.420 e. The standard InChI is InChI=1S/C15H14F3N3O4/c16-15(17,18)11-7-10(21(23)24)3-4-12(11)25-8-13(22)20-14(9-19)5-1-2-6-14/h3-4,7H,1-2,5-6,8H2,(H,20,22). The number of nitro benzene ring substituents is 1. The van der Waals surface area contributed by atoms with Gasteiger partial charge in [0.25, 0.3) is 11.6 Å². The molecule has 10 heteroatoms. The number of halogens is 3. The lowest BCUT2D eigenvalue weighted by atomic mass is 10.00. The van der Waals surface area contributed by atoms with E-state index >= 15 is 0 Å². The van der Waals surface area contributed by atoms with Gasteiger partial charge >= 0.3 is 6.18 Å². The SMILES string of the molecule is N#CC1(NC(=O)COc2ccc([N+](=O)[O-])cc2C(F)(F)F)CCCC1. The van der Waals surface area contributed by atoms with E-state index in [1.807, 2.05) is 6.07 Å². The molecule has 25 heavy (non-hydrogen) atoms. The average Bonchev–Trinajstić information content (AvgIpc) is 3.00. The van der Waals surface area contributed by atoms with E-state index in [2.05, 4.69) is 5.32 Å². The van der Waals surface area contributed by atoms with Gasteiger partial charge < -0.3 is 10.1 Å². The van der Waals surface area contributed by atoms with E-state index in [1.54, 1.807) is 0 Å². The molecule has 0 radical (unpaired) electrons. The number of rotatable bonds is 5. The number of amides is 1. The molecule has 1 aromatic carbocycles. The lowest BCUT2D eigenvalue weighted by Gasteiger charge is -2.22. The van der Waals surface area contributed by atoms with Gasteiger partial charge in [-0.05, 0) is 31.7 Å². The number of nitrogens with zero attached hydrogens (tertiary/aromatic N) is 2. The van der Waals surface area contributed by atoms with E-state index in [4.69, 9.17) is 10.00 Å². The number of hydrogen-bond acceptors (Lipinski definition) is 5. The maximum atomic E-state index is 13.0. The van der Waals surface area contributed by atoms with Gasteiger partial charge in [-0.1, -0.05) is 0 Å². The summed E-state index contributed by atoms with van der Waals surface area (Å²) in [6, 6.07) is 4.02. The lowest BCUT2D eigenvalue weighted by Crippen LogP contribution is -2.47. The predicted molar refractivity (Wildman–Crippen MR) is 78.5 cm³/mol. The number of ether oxygens (including phenoxy) is 1. The molecule has 1 fully saturated rings. The summed E-state index contributed by atoms with van der Waals surface area (Å²) in [5, 5.41) is 22.3. The zero-order chi connectivity index (χ0) is 18.7. The first-order chi connectivity index (χ1) is 11.7. The highest BCUT2D eigenvalue weighted by atomic mass is 19.4. The maximum Gasteiger partial charge on any atom is 0.420 e. The molecule has 0 aromatic heterocycles. The van der Waals surface area contributed by atoms with E-state index in [0.717, 1.165) is 25.0 Å². The summed E-state index contributed by atoms with van der Waals surface area (Å²) in [6.07, 6.45) is -2.39. The number of non-ortho nitro benzene ring substituents is 1. The number of carbonyl (C=O) groups is 1. The Balaban J connectivity index is 2.11. The highest BCUT2D eigenvalue weighted by Crippen LogP contribution is 2.38. The molecule has 1 saturated carbocycles. The van der Waals surface area contributed by atoms with Crippen LogP contribution in [-0.4, -0.2) is 23.0 Å². The third-order valence-electron chi connectivity index (χ3n) is 3.89. The summed E-state index contributed by atoms with van der Waals surface area (Å²) in [5.74, 6) is -1.42. The van der Waals surface area contributed by atoms with Crippen LogP contribution in [0.3, 0.4) is 0 Å². The Labute approximate surface area is 140 Å². The molecule has 1 aliphatic carbocycles. The second kappa shape index (κ2) is 6.96. The molecule has 0 atom stereocenters. The van der Waals surface area contributed by atoms with Crippen LogP contribution in [-0.2, 0) is 11.0 Å². The van der Waals surface area contributed by atoms with Gasteiger partial charge in [-0.2, -0.15) is 18.4 Å². The monoisotopic (exact) mass is 357 g/mol. The van der Waals surface area contributed by atoms with E-state index in [-0.39, 0.29) is 0 Å². The molecule has 1 aliphatic rings. The van der Waals surface area contributed by atoms with Gasteiger partial charge in [-0.3, -0.25) is 14.9 Å². The molecule has 0 saturated heterocycles. The fourth-order valence-electron chi connectivity index (χ4n) is 2.67. The second-order valence-corrected chi connectivity index (χ2v) is 5.67. The largest absolute Gasteiger partial charge is 0.483 e. The number of nitrogens with one attached hydrogen (secondary N) is 1. The number of alkyl halides is 3. The number of hydrogen-bond donors (Lipinski definition) is 1. The lowest BCUT2D eigenvalue weighted by molar-refractivity contribution is -0.385. The van der Waals surface area contributed by atoms with Crippen molar-refractivity contribution in [1.29, 1.82) is 5.26 Å². The minimum Gasteiger partial charge on any atom is -0.483 e. The van der Waals surface area contributed by atoms with Crippen LogP contribution in [0, 0.1) is 21.4 Å². The van der Waals surface area contributed by atoms with Gasteiger partial charge in [0.2, 0.25) is 0 Å². The third kappa shape index (κ3) is 4.37. The van der Waals surface area contributed by atoms with Gasteiger partial charge in [0.1, 0.15) is 16.9 Å². The van der Waals surface area contributed by atoms with Crippen molar-refractivity contribution in [3.63, 3.8) is 0 Å². The molecule has 134 valence electrons.